The van der Waals surface area contributed by atoms with Gasteiger partial charge in [-0.3, -0.25) is 13.8 Å². The Hall–Kier alpha value is -0.760. The third-order valence-electron chi connectivity index (χ3n) is 9.51. The van der Waals surface area contributed by atoms with E-state index >= 15 is 0 Å². The fraction of sp³-hybridized carbons (Fsp3) is 0.927. The molecule has 3 atom stereocenters. The zero-order chi connectivity index (χ0) is 37.2. The van der Waals surface area contributed by atoms with Crippen LogP contribution in [0.25, 0.3) is 0 Å². The maximum Gasteiger partial charge on any atom is 0.472 e. The lowest BCUT2D eigenvalue weighted by atomic mass is 10.0. The molecule has 50 heavy (non-hydrogen) atoms. The molecular formula is C41H84N2O6P+. The molecule has 0 aromatic rings. The first-order valence-electron chi connectivity index (χ1n) is 21.1. The van der Waals surface area contributed by atoms with E-state index in [-0.39, 0.29) is 19.1 Å². The molecule has 0 heterocycles. The first-order valence-corrected chi connectivity index (χ1v) is 22.6. The average Bonchev–Trinajstić information content (AvgIpc) is 3.06. The average molecular weight is 732 g/mol. The van der Waals surface area contributed by atoms with E-state index in [9.17, 15) is 19.4 Å². The van der Waals surface area contributed by atoms with Gasteiger partial charge in [-0.2, -0.15) is 0 Å². The van der Waals surface area contributed by atoms with Crippen molar-refractivity contribution in [2.45, 2.75) is 206 Å². The summed E-state index contributed by atoms with van der Waals surface area (Å²) in [5.74, 6) is -0.176. The van der Waals surface area contributed by atoms with Crippen LogP contribution in [0.4, 0.5) is 0 Å². The van der Waals surface area contributed by atoms with E-state index in [0.717, 1.165) is 38.5 Å². The second-order valence-corrected chi connectivity index (χ2v) is 17.2. The number of aliphatic hydroxyl groups is 1. The first-order chi connectivity index (χ1) is 24.0. The summed E-state index contributed by atoms with van der Waals surface area (Å²) in [6.45, 7) is 4.80. The maximum absolute atomic E-state index is 12.8. The van der Waals surface area contributed by atoms with Crippen LogP contribution in [0, 0.1) is 0 Å². The molecule has 0 rings (SSSR count). The largest absolute Gasteiger partial charge is 0.472 e. The lowest BCUT2D eigenvalue weighted by molar-refractivity contribution is -0.870. The number of carbonyl (C=O) groups is 1. The Morgan fingerprint density at radius 1 is 0.660 bits per heavy atom. The van der Waals surface area contributed by atoms with Crippen LogP contribution in [0.15, 0.2) is 12.2 Å². The lowest BCUT2D eigenvalue weighted by Crippen LogP contribution is -2.45. The third kappa shape index (κ3) is 35.6. The number of likely N-dealkylation sites (N-methyl/N-ethyl adjacent to an activating group) is 1. The number of hydrogen-bond donors (Lipinski definition) is 3. The number of phosphoric acid groups is 1. The number of quaternary nitrogens is 1. The minimum Gasteiger partial charge on any atom is -0.387 e. The van der Waals surface area contributed by atoms with Gasteiger partial charge < -0.3 is 19.8 Å². The molecule has 0 aliphatic rings. The minimum atomic E-state index is -4.32. The van der Waals surface area contributed by atoms with E-state index in [0.29, 0.717) is 17.4 Å². The molecule has 3 N–H and O–H groups in total. The van der Waals surface area contributed by atoms with Gasteiger partial charge in [-0.15, -0.1) is 0 Å². The second kappa shape index (κ2) is 34.0. The van der Waals surface area contributed by atoms with Crippen LogP contribution in [-0.2, 0) is 18.4 Å². The summed E-state index contributed by atoms with van der Waals surface area (Å²) in [4.78, 5) is 23.0. The monoisotopic (exact) mass is 732 g/mol. The summed E-state index contributed by atoms with van der Waals surface area (Å²) in [6.07, 6.45) is 37.0. The lowest BCUT2D eigenvalue weighted by Gasteiger charge is -2.25. The Kier molecular flexibility index (Phi) is 33.5. The standard InChI is InChI=1S/C41H83N2O6P/c1-6-8-10-12-14-16-18-19-20-21-22-23-25-27-29-31-33-35-41(45)42-39(38-49-50(46,47)48-37-36-43(3,4)5)40(44)34-32-30-28-26-24-17-15-13-11-9-7-2/h32,34,39-40,44H,6-31,33,35-38H2,1-5H3,(H-,42,45,46,47)/p+1/b34-32+. The van der Waals surface area contributed by atoms with Gasteiger partial charge in [-0.05, 0) is 19.3 Å². The molecule has 0 radical (unpaired) electrons. The van der Waals surface area contributed by atoms with Crippen molar-refractivity contribution in [3.05, 3.63) is 12.2 Å². The van der Waals surface area contributed by atoms with Crippen molar-refractivity contribution in [1.82, 2.24) is 5.32 Å². The van der Waals surface area contributed by atoms with Crippen molar-refractivity contribution in [1.29, 1.82) is 0 Å². The SMILES string of the molecule is CCCCCCCCCCC/C=C/C(O)C(COP(=O)(O)OCC[N+](C)(C)C)NC(=O)CCCCCCCCCCCCCCCCCCC. The van der Waals surface area contributed by atoms with Gasteiger partial charge in [-0.1, -0.05) is 180 Å². The fourth-order valence-electron chi connectivity index (χ4n) is 6.10. The van der Waals surface area contributed by atoms with Crippen LogP contribution in [0.5, 0.6) is 0 Å². The summed E-state index contributed by atoms with van der Waals surface area (Å²) in [5.41, 5.74) is 0. The van der Waals surface area contributed by atoms with Crippen molar-refractivity contribution >= 4 is 13.7 Å². The van der Waals surface area contributed by atoms with Gasteiger partial charge >= 0.3 is 7.82 Å². The molecule has 0 saturated heterocycles. The molecule has 0 bridgehead atoms. The summed E-state index contributed by atoms with van der Waals surface area (Å²) < 4.78 is 23.5. The van der Waals surface area contributed by atoms with Gasteiger partial charge in [0.1, 0.15) is 13.2 Å². The van der Waals surface area contributed by atoms with Gasteiger partial charge in [0.05, 0.1) is 39.9 Å². The molecule has 0 saturated carbocycles. The summed E-state index contributed by atoms with van der Waals surface area (Å²) in [6, 6.07) is -0.838. The second-order valence-electron chi connectivity index (χ2n) is 15.7. The number of nitrogens with zero attached hydrogens (tertiary/aromatic N) is 1. The number of phosphoric ester groups is 1. The number of aliphatic hydroxyl groups excluding tert-OH is 1. The molecule has 0 aromatic heterocycles. The van der Waals surface area contributed by atoms with Gasteiger partial charge in [0.15, 0.2) is 0 Å². The Labute approximate surface area is 310 Å². The van der Waals surface area contributed by atoms with Gasteiger partial charge in [0.25, 0.3) is 0 Å². The van der Waals surface area contributed by atoms with Crippen molar-refractivity contribution in [2.24, 2.45) is 0 Å². The molecule has 298 valence electrons. The first kappa shape index (κ1) is 49.2. The molecule has 8 nitrogen and oxygen atoms in total. The Morgan fingerprint density at radius 3 is 1.48 bits per heavy atom. The van der Waals surface area contributed by atoms with Crippen LogP contribution in [-0.4, -0.2) is 73.4 Å². The van der Waals surface area contributed by atoms with Crippen LogP contribution in [0.3, 0.4) is 0 Å². The summed E-state index contributed by atoms with van der Waals surface area (Å²) >= 11 is 0. The minimum absolute atomic E-state index is 0.0643. The number of allylic oxidation sites excluding steroid dienone is 1. The molecular weight excluding hydrogens is 647 g/mol. The van der Waals surface area contributed by atoms with Gasteiger partial charge in [0.2, 0.25) is 5.91 Å². The zero-order valence-corrected chi connectivity index (χ0v) is 34.5. The van der Waals surface area contributed by atoms with E-state index in [2.05, 4.69) is 19.2 Å². The molecule has 0 fully saturated rings. The number of amides is 1. The van der Waals surface area contributed by atoms with Gasteiger partial charge in [0, 0.05) is 6.42 Å². The molecule has 1 amide bonds. The van der Waals surface area contributed by atoms with E-state index in [1.807, 2.05) is 27.2 Å². The van der Waals surface area contributed by atoms with E-state index < -0.39 is 20.0 Å². The highest BCUT2D eigenvalue weighted by atomic mass is 31.2. The zero-order valence-electron chi connectivity index (χ0n) is 33.7. The van der Waals surface area contributed by atoms with Gasteiger partial charge in [-0.25, -0.2) is 4.57 Å². The number of hydrogen-bond acceptors (Lipinski definition) is 5. The van der Waals surface area contributed by atoms with E-state index in [1.165, 1.54) is 135 Å². The highest BCUT2D eigenvalue weighted by Crippen LogP contribution is 2.43. The predicted molar refractivity (Wildman–Crippen MR) is 212 cm³/mol. The van der Waals surface area contributed by atoms with Crippen LogP contribution >= 0.6 is 7.82 Å². The number of rotatable bonds is 38. The molecule has 0 spiro atoms. The third-order valence-corrected chi connectivity index (χ3v) is 10.5. The highest BCUT2D eigenvalue weighted by Gasteiger charge is 2.27. The predicted octanol–water partition coefficient (Wildman–Crippen LogP) is 11.2. The fourth-order valence-corrected chi connectivity index (χ4v) is 6.84. The van der Waals surface area contributed by atoms with Crippen LogP contribution in [0.2, 0.25) is 0 Å². The molecule has 9 heteroatoms. The highest BCUT2D eigenvalue weighted by molar-refractivity contribution is 7.47. The Balaban J connectivity index is 4.38. The van der Waals surface area contributed by atoms with Crippen molar-refractivity contribution in [3.63, 3.8) is 0 Å². The quantitative estimate of drug-likeness (QED) is 0.0253. The summed E-state index contributed by atoms with van der Waals surface area (Å²) in [7, 11) is 1.58. The molecule has 0 aromatic carbocycles. The molecule has 0 aliphatic carbocycles. The topological polar surface area (TPSA) is 105 Å². The van der Waals surface area contributed by atoms with Crippen molar-refractivity contribution in [2.75, 3.05) is 40.9 Å². The van der Waals surface area contributed by atoms with Crippen LogP contribution < -0.4 is 5.32 Å². The Bertz CT molecular complexity index is 834. The van der Waals surface area contributed by atoms with E-state index in [1.54, 1.807) is 6.08 Å². The van der Waals surface area contributed by atoms with Crippen LogP contribution in [0.1, 0.15) is 194 Å². The number of carbonyl (C=O) groups excluding carboxylic acids is 1. The van der Waals surface area contributed by atoms with E-state index in [4.69, 9.17) is 9.05 Å². The summed E-state index contributed by atoms with van der Waals surface area (Å²) in [5, 5.41) is 13.8. The number of unbranched alkanes of at least 4 members (excludes halogenated alkanes) is 25. The molecule has 0 aliphatic heterocycles. The van der Waals surface area contributed by atoms with Crippen molar-refractivity contribution in [3.8, 4) is 0 Å². The Morgan fingerprint density at radius 2 is 1.06 bits per heavy atom. The van der Waals surface area contributed by atoms with Crippen molar-refractivity contribution < 1.29 is 32.9 Å². The smallest absolute Gasteiger partial charge is 0.387 e. The number of nitrogens with one attached hydrogen (secondary N) is 1. The maximum atomic E-state index is 12.8. The normalized spacial score (nSPS) is 14.6. The molecule has 3 unspecified atom stereocenters.